The maximum Gasteiger partial charge on any atom is 0.469 e. The summed E-state index contributed by atoms with van der Waals surface area (Å²) in [6.45, 7) is -1.59. The molecule has 2 aliphatic rings. The number of phosphoric acid groups is 1. The van der Waals surface area contributed by atoms with E-state index in [4.69, 9.17) is 29.1 Å². The highest BCUT2D eigenvalue weighted by atomic mass is 31.2. The van der Waals surface area contributed by atoms with E-state index in [1.54, 1.807) is 0 Å². The molecule has 0 aromatic carbocycles. The van der Waals surface area contributed by atoms with E-state index in [-0.39, 0.29) is 0 Å². The number of hydrogen-bond acceptors (Lipinski definition) is 12. The fraction of sp³-hybridized carbons (Fsp3) is 1.00. The van der Waals surface area contributed by atoms with Crippen LogP contribution in [0.1, 0.15) is 0 Å². The van der Waals surface area contributed by atoms with Crippen LogP contribution in [0.2, 0.25) is 0 Å². The summed E-state index contributed by atoms with van der Waals surface area (Å²) in [5.74, 6) is 0. The minimum Gasteiger partial charge on any atom is -0.394 e. The molecular weight excluding hydrogens is 399 g/mol. The van der Waals surface area contributed by atoms with E-state index in [1.165, 1.54) is 0 Å². The number of hydrogen-bond donors (Lipinski definition) is 9. The van der Waals surface area contributed by atoms with Crippen LogP contribution in [0.15, 0.2) is 0 Å². The van der Waals surface area contributed by atoms with Crippen molar-refractivity contribution in [3.63, 3.8) is 0 Å². The van der Waals surface area contributed by atoms with Crippen LogP contribution in [-0.2, 0) is 23.3 Å². The van der Waals surface area contributed by atoms with Gasteiger partial charge in [-0.25, -0.2) is 4.57 Å². The molecule has 2 heterocycles. The fourth-order valence-electron chi connectivity index (χ4n) is 2.71. The van der Waals surface area contributed by atoms with Gasteiger partial charge in [-0.15, -0.1) is 0 Å². The predicted molar refractivity (Wildman–Crippen MR) is 79.5 cm³/mol. The Hall–Kier alpha value is -0.290. The molecule has 2 fully saturated rings. The minimum atomic E-state index is -4.89. The second-order valence-electron chi connectivity index (χ2n) is 6.13. The highest BCUT2D eigenvalue weighted by molar-refractivity contribution is 7.46. The topological polar surface area (TPSA) is 236 Å². The van der Waals surface area contributed by atoms with Gasteiger partial charge in [0.05, 0.1) is 13.2 Å². The molecule has 9 N–H and O–H groups in total. The number of phosphoric ester groups is 1. The lowest BCUT2D eigenvalue weighted by atomic mass is 9.97. The molecule has 0 aliphatic carbocycles. The molecule has 0 saturated carbocycles. The Bertz CT molecular complexity index is 526. The minimum absolute atomic E-state index is 0.735. The summed E-state index contributed by atoms with van der Waals surface area (Å²) in [6.07, 6.45) is -17.1. The van der Waals surface area contributed by atoms with Crippen LogP contribution >= 0.6 is 7.82 Å². The fourth-order valence-corrected chi connectivity index (χ4v) is 3.05. The van der Waals surface area contributed by atoms with Gasteiger partial charge in [-0.3, -0.25) is 4.52 Å². The highest BCUT2D eigenvalue weighted by Gasteiger charge is 2.50. The van der Waals surface area contributed by atoms with E-state index in [0.29, 0.717) is 0 Å². The van der Waals surface area contributed by atoms with Crippen LogP contribution in [0.4, 0.5) is 0 Å². The summed E-state index contributed by atoms with van der Waals surface area (Å²) in [7, 11) is -4.89. The Kier molecular flexibility index (Phi) is 7.68. The zero-order chi connectivity index (χ0) is 20.5. The molecular formula is C12H23O14P. The van der Waals surface area contributed by atoms with Crippen molar-refractivity contribution in [2.24, 2.45) is 0 Å². The van der Waals surface area contributed by atoms with Crippen LogP contribution in [0.25, 0.3) is 0 Å². The quantitative estimate of drug-likeness (QED) is 0.182. The highest BCUT2D eigenvalue weighted by Crippen LogP contribution is 2.37. The van der Waals surface area contributed by atoms with E-state index in [9.17, 15) is 35.2 Å². The Morgan fingerprint density at radius 1 is 0.815 bits per heavy atom. The van der Waals surface area contributed by atoms with Gasteiger partial charge in [0.2, 0.25) is 0 Å². The second kappa shape index (κ2) is 9.02. The van der Waals surface area contributed by atoms with Gasteiger partial charge >= 0.3 is 7.82 Å². The first-order valence-corrected chi connectivity index (χ1v) is 9.35. The van der Waals surface area contributed by atoms with Gasteiger partial charge in [0, 0.05) is 0 Å². The third-order valence-electron chi connectivity index (χ3n) is 4.21. The summed E-state index contributed by atoms with van der Waals surface area (Å²) in [6, 6.07) is 0. The van der Waals surface area contributed by atoms with E-state index in [1.807, 2.05) is 0 Å². The zero-order valence-electron chi connectivity index (χ0n) is 13.7. The van der Waals surface area contributed by atoms with E-state index in [0.717, 1.165) is 0 Å². The first-order valence-electron chi connectivity index (χ1n) is 7.82. The Morgan fingerprint density at radius 3 is 1.96 bits per heavy atom. The van der Waals surface area contributed by atoms with Crippen molar-refractivity contribution in [3.05, 3.63) is 0 Å². The standard InChI is InChI=1S/C12H23O14P/c13-1-3-5(14)7(16)9(18)12(25-3)26-10-8(17)6(15)4(24-11(10)19)2-23-27(20,21)22/h3-19H,1-2H2,(H2,20,21,22)/t3-,4-,5-,6-,7+,8+,9+,10+,11?,12-/m1/s1. The number of rotatable bonds is 6. The number of aliphatic hydroxyl groups excluding tert-OH is 7. The Morgan fingerprint density at radius 2 is 1.41 bits per heavy atom. The largest absolute Gasteiger partial charge is 0.469 e. The lowest BCUT2D eigenvalue weighted by molar-refractivity contribution is -0.361. The Labute approximate surface area is 152 Å². The van der Waals surface area contributed by atoms with Gasteiger partial charge in [-0.2, -0.15) is 0 Å². The van der Waals surface area contributed by atoms with E-state index < -0.39 is 82.4 Å². The molecule has 0 amide bonds. The molecule has 0 spiro atoms. The van der Waals surface area contributed by atoms with E-state index >= 15 is 0 Å². The van der Waals surface area contributed by atoms with Crippen LogP contribution in [0, 0.1) is 0 Å². The predicted octanol–water partition coefficient (Wildman–Crippen LogP) is -5.28. The summed E-state index contributed by atoms with van der Waals surface area (Å²) in [4.78, 5) is 17.3. The second-order valence-corrected chi connectivity index (χ2v) is 7.37. The number of aliphatic hydroxyl groups is 7. The summed E-state index contributed by atoms with van der Waals surface area (Å²) in [5.41, 5.74) is 0. The van der Waals surface area contributed by atoms with Crippen molar-refractivity contribution in [1.82, 2.24) is 0 Å². The molecule has 0 aromatic heterocycles. The first-order chi connectivity index (χ1) is 12.5. The molecule has 14 nitrogen and oxygen atoms in total. The molecule has 10 atom stereocenters. The van der Waals surface area contributed by atoms with Crippen LogP contribution in [0.5, 0.6) is 0 Å². The van der Waals surface area contributed by atoms with Gasteiger partial charge < -0.3 is 59.7 Å². The maximum absolute atomic E-state index is 10.7. The lowest BCUT2D eigenvalue weighted by Gasteiger charge is -2.45. The van der Waals surface area contributed by atoms with Crippen molar-refractivity contribution in [2.75, 3.05) is 13.2 Å². The van der Waals surface area contributed by atoms with Crippen LogP contribution in [-0.4, -0.2) is 120 Å². The molecule has 15 heteroatoms. The average Bonchev–Trinajstić information content (AvgIpc) is 2.59. The van der Waals surface area contributed by atoms with Gasteiger partial charge in [-0.05, 0) is 0 Å². The van der Waals surface area contributed by atoms with Gasteiger partial charge in [-0.1, -0.05) is 0 Å². The van der Waals surface area contributed by atoms with Gasteiger partial charge in [0.1, 0.15) is 48.8 Å². The van der Waals surface area contributed by atoms with Gasteiger partial charge in [0.25, 0.3) is 0 Å². The molecule has 27 heavy (non-hydrogen) atoms. The average molecular weight is 422 g/mol. The summed E-state index contributed by atoms with van der Waals surface area (Å²) >= 11 is 0. The van der Waals surface area contributed by atoms with Crippen molar-refractivity contribution in [1.29, 1.82) is 0 Å². The number of ether oxygens (including phenoxy) is 3. The van der Waals surface area contributed by atoms with Crippen molar-refractivity contribution >= 4 is 7.82 Å². The smallest absolute Gasteiger partial charge is 0.394 e. The van der Waals surface area contributed by atoms with Gasteiger partial charge in [0.15, 0.2) is 12.6 Å². The summed E-state index contributed by atoms with van der Waals surface area (Å²) < 4.78 is 30.0. The third-order valence-corrected chi connectivity index (χ3v) is 4.69. The molecule has 2 aliphatic heterocycles. The van der Waals surface area contributed by atoms with Crippen molar-refractivity contribution in [3.8, 4) is 0 Å². The van der Waals surface area contributed by atoms with Crippen molar-refractivity contribution in [2.45, 2.75) is 61.4 Å². The van der Waals surface area contributed by atoms with Crippen LogP contribution in [0.3, 0.4) is 0 Å². The molecule has 1 unspecified atom stereocenters. The maximum atomic E-state index is 10.7. The van der Waals surface area contributed by atoms with Crippen LogP contribution < -0.4 is 0 Å². The summed E-state index contributed by atoms with van der Waals surface area (Å²) in [5, 5.41) is 68.4. The Balaban J connectivity index is 2.03. The lowest BCUT2D eigenvalue weighted by Crippen LogP contribution is -2.64. The SMILES string of the molecule is O=P(O)(O)OC[C@H]1OC(O)[C@@H](O[C@H]2O[C@H](CO)[C@@H](O)[C@H](O)[C@@H]2O)[C@@H](O)[C@@H]1O. The third kappa shape index (κ3) is 5.41. The molecule has 0 radical (unpaired) electrons. The normalized spacial score (nSPS) is 46.4. The zero-order valence-corrected chi connectivity index (χ0v) is 14.6. The first kappa shape index (κ1) is 23.0. The van der Waals surface area contributed by atoms with Crippen molar-refractivity contribution < 1.29 is 68.8 Å². The molecule has 2 rings (SSSR count). The molecule has 0 bridgehead atoms. The van der Waals surface area contributed by atoms with E-state index in [2.05, 4.69) is 4.52 Å². The molecule has 0 aromatic rings. The molecule has 160 valence electrons. The monoisotopic (exact) mass is 422 g/mol. The molecule has 2 saturated heterocycles.